The molecule has 35 heavy (non-hydrogen) atoms. The molecule has 3 aromatic carbocycles. The van der Waals surface area contributed by atoms with Gasteiger partial charge in [0, 0.05) is 5.56 Å². The Morgan fingerprint density at radius 2 is 1.46 bits per heavy atom. The van der Waals surface area contributed by atoms with E-state index in [0.717, 1.165) is 23.0 Å². The second-order valence-corrected chi connectivity index (χ2v) is 10.8. The van der Waals surface area contributed by atoms with E-state index in [1.807, 2.05) is 94.4 Å². The van der Waals surface area contributed by atoms with Crippen LogP contribution in [0.2, 0.25) is 0 Å². The van der Waals surface area contributed by atoms with Crippen molar-refractivity contribution in [2.24, 2.45) is 5.92 Å². The Hall–Kier alpha value is -3.09. The van der Waals surface area contributed by atoms with E-state index < -0.39 is 7.12 Å². The predicted octanol–water partition coefficient (Wildman–Crippen LogP) is 5.69. The highest BCUT2D eigenvalue weighted by Crippen LogP contribution is 2.36. The molecule has 1 heterocycles. The van der Waals surface area contributed by atoms with Crippen molar-refractivity contribution in [1.82, 2.24) is 0 Å². The monoisotopic (exact) mass is 470 g/mol. The molecule has 0 spiro atoms. The highest BCUT2D eigenvalue weighted by atomic mass is 16.7. The summed E-state index contributed by atoms with van der Waals surface area (Å²) in [5, 5.41) is 2.97. The fraction of sp³-hybridized carbons (Fsp3) is 0.345. The summed E-state index contributed by atoms with van der Waals surface area (Å²) in [5.41, 5.74) is 11.3. The number of rotatable bonds is 6. The summed E-state index contributed by atoms with van der Waals surface area (Å²) in [6.07, 6.45) is 0.990. The Morgan fingerprint density at radius 3 is 2.03 bits per heavy atom. The third-order valence-corrected chi connectivity index (χ3v) is 6.93. The molecule has 1 fully saturated rings. The number of carbonyl (C=O) groups excluding carboxylic acids is 1. The summed E-state index contributed by atoms with van der Waals surface area (Å²) in [7, 11) is -0.401. The van der Waals surface area contributed by atoms with Gasteiger partial charge in [-0.15, -0.1) is 0 Å². The number of benzene rings is 3. The Balaban J connectivity index is 1.49. The average Bonchev–Trinajstić information content (AvgIpc) is 3.02. The molecule has 4 rings (SSSR count). The van der Waals surface area contributed by atoms with Gasteiger partial charge < -0.3 is 20.4 Å². The molecule has 1 aliphatic rings. The van der Waals surface area contributed by atoms with Crippen LogP contribution in [0.1, 0.15) is 57.5 Å². The molecule has 0 atom stereocenters. The Labute approximate surface area is 209 Å². The van der Waals surface area contributed by atoms with Crippen LogP contribution in [0.4, 0.5) is 11.4 Å². The van der Waals surface area contributed by atoms with Crippen LogP contribution in [-0.2, 0) is 15.7 Å². The lowest BCUT2D eigenvalue weighted by molar-refractivity contribution is 0.00578. The van der Waals surface area contributed by atoms with E-state index in [2.05, 4.69) is 19.2 Å². The van der Waals surface area contributed by atoms with Crippen LogP contribution in [0.25, 0.3) is 11.1 Å². The molecule has 182 valence electrons. The summed E-state index contributed by atoms with van der Waals surface area (Å²) in [5.74, 6) is 0.393. The zero-order chi connectivity index (χ0) is 25.4. The van der Waals surface area contributed by atoms with E-state index in [4.69, 9.17) is 15.0 Å². The number of hydrogen-bond acceptors (Lipinski definition) is 4. The van der Waals surface area contributed by atoms with Crippen LogP contribution < -0.4 is 16.5 Å². The molecule has 0 radical (unpaired) electrons. The molecule has 3 N–H and O–H groups in total. The van der Waals surface area contributed by atoms with Gasteiger partial charge in [0.05, 0.1) is 22.6 Å². The topological polar surface area (TPSA) is 73.6 Å². The molecule has 0 unspecified atom stereocenters. The zero-order valence-corrected chi connectivity index (χ0v) is 21.5. The van der Waals surface area contributed by atoms with Crippen molar-refractivity contribution in [3.63, 3.8) is 0 Å². The molecular weight excluding hydrogens is 435 g/mol. The number of amides is 1. The van der Waals surface area contributed by atoms with E-state index in [1.165, 1.54) is 5.56 Å². The van der Waals surface area contributed by atoms with Crippen molar-refractivity contribution in [3.05, 3.63) is 77.9 Å². The first-order chi connectivity index (χ1) is 16.4. The largest absolute Gasteiger partial charge is 0.494 e. The third-order valence-electron chi connectivity index (χ3n) is 6.93. The minimum atomic E-state index is -0.401. The first-order valence-electron chi connectivity index (χ1n) is 12.2. The lowest BCUT2D eigenvalue weighted by Gasteiger charge is -2.32. The quantitative estimate of drug-likeness (QED) is 0.359. The number of nitrogen functional groups attached to an aromatic ring is 1. The van der Waals surface area contributed by atoms with Crippen LogP contribution in [0, 0.1) is 5.92 Å². The van der Waals surface area contributed by atoms with Gasteiger partial charge in [-0.05, 0) is 86.5 Å². The normalized spacial score (nSPS) is 16.5. The van der Waals surface area contributed by atoms with Gasteiger partial charge in [0.1, 0.15) is 0 Å². The number of anilines is 2. The van der Waals surface area contributed by atoms with Crippen molar-refractivity contribution in [1.29, 1.82) is 0 Å². The number of hydrogen-bond donors (Lipinski definition) is 2. The summed E-state index contributed by atoms with van der Waals surface area (Å²) >= 11 is 0. The smallest absolute Gasteiger partial charge is 0.399 e. The van der Waals surface area contributed by atoms with Crippen molar-refractivity contribution in [2.45, 2.75) is 59.2 Å². The molecule has 6 heteroatoms. The molecule has 0 aliphatic carbocycles. The fourth-order valence-corrected chi connectivity index (χ4v) is 4.11. The predicted molar refractivity (Wildman–Crippen MR) is 145 cm³/mol. The molecular formula is C29H35BN2O3. The maximum absolute atomic E-state index is 12.8. The number of nitrogens with two attached hydrogens (primary N) is 1. The van der Waals surface area contributed by atoms with Gasteiger partial charge in [0.15, 0.2) is 0 Å². The van der Waals surface area contributed by atoms with Gasteiger partial charge >= 0.3 is 7.12 Å². The van der Waals surface area contributed by atoms with E-state index >= 15 is 0 Å². The maximum atomic E-state index is 12.8. The van der Waals surface area contributed by atoms with Gasteiger partial charge in [-0.25, -0.2) is 0 Å². The highest BCUT2D eigenvalue weighted by molar-refractivity contribution is 6.62. The fourth-order valence-electron chi connectivity index (χ4n) is 4.11. The van der Waals surface area contributed by atoms with Crippen LogP contribution in [-0.4, -0.2) is 24.2 Å². The molecule has 0 aromatic heterocycles. The van der Waals surface area contributed by atoms with Crippen molar-refractivity contribution >= 4 is 29.9 Å². The summed E-state index contributed by atoms with van der Waals surface area (Å²) in [4.78, 5) is 12.8. The van der Waals surface area contributed by atoms with E-state index in [-0.39, 0.29) is 17.1 Å². The second-order valence-electron chi connectivity index (χ2n) is 10.8. The van der Waals surface area contributed by atoms with Gasteiger partial charge in [-0.1, -0.05) is 56.3 Å². The molecule has 5 nitrogen and oxygen atoms in total. The van der Waals surface area contributed by atoms with Gasteiger partial charge in [0.2, 0.25) is 0 Å². The molecule has 1 amide bonds. The Bertz CT molecular complexity index is 1190. The van der Waals surface area contributed by atoms with Gasteiger partial charge in [-0.3, -0.25) is 4.79 Å². The van der Waals surface area contributed by atoms with Crippen molar-refractivity contribution < 1.29 is 14.1 Å². The first-order valence-corrected chi connectivity index (χ1v) is 12.2. The average molecular weight is 470 g/mol. The van der Waals surface area contributed by atoms with E-state index in [0.29, 0.717) is 22.9 Å². The minimum absolute atomic E-state index is 0.180. The zero-order valence-electron chi connectivity index (χ0n) is 21.5. The Morgan fingerprint density at radius 1 is 0.886 bits per heavy atom. The van der Waals surface area contributed by atoms with E-state index in [1.54, 1.807) is 0 Å². The minimum Gasteiger partial charge on any atom is -0.399 e. The van der Waals surface area contributed by atoms with Crippen LogP contribution in [0.5, 0.6) is 0 Å². The van der Waals surface area contributed by atoms with Crippen LogP contribution >= 0.6 is 0 Å². The molecule has 1 aliphatic heterocycles. The maximum Gasteiger partial charge on any atom is 0.494 e. The van der Waals surface area contributed by atoms with Crippen molar-refractivity contribution in [2.75, 3.05) is 11.1 Å². The van der Waals surface area contributed by atoms with Gasteiger partial charge in [-0.2, -0.15) is 0 Å². The molecule has 1 saturated heterocycles. The third kappa shape index (κ3) is 5.44. The summed E-state index contributed by atoms with van der Waals surface area (Å²) in [6, 6.07) is 21.5. The van der Waals surface area contributed by atoms with Crippen molar-refractivity contribution in [3.8, 4) is 11.1 Å². The number of nitrogens with one attached hydrogen (secondary N) is 1. The second kappa shape index (κ2) is 9.52. The lowest BCUT2D eigenvalue weighted by atomic mass is 9.78. The number of carbonyl (C=O) groups is 1. The Kier molecular flexibility index (Phi) is 6.80. The van der Waals surface area contributed by atoms with E-state index in [9.17, 15) is 4.79 Å². The molecule has 0 saturated carbocycles. The lowest BCUT2D eigenvalue weighted by Crippen LogP contribution is -2.41. The van der Waals surface area contributed by atoms with Gasteiger partial charge in [0.25, 0.3) is 5.91 Å². The summed E-state index contributed by atoms with van der Waals surface area (Å²) in [6.45, 7) is 12.6. The SMILES string of the molecule is CC(C)Cc1ccc(C(=O)Nc2cc(-c3ccc(B4OC(C)(C)C(C)(C)O4)cc3)ccc2N)cc1. The van der Waals surface area contributed by atoms with Crippen LogP contribution in [0.15, 0.2) is 66.7 Å². The summed E-state index contributed by atoms with van der Waals surface area (Å²) < 4.78 is 12.3. The first kappa shape index (κ1) is 25.0. The highest BCUT2D eigenvalue weighted by Gasteiger charge is 2.51. The standard InChI is InChI=1S/C29H35BN2O3/c1-19(2)17-20-7-9-22(10-8-20)27(33)32-26-18-23(13-16-25(26)31)21-11-14-24(15-12-21)30-34-28(3,4)29(5,6)35-30/h7-16,18-19H,17,31H2,1-6H3,(H,32,33). The van der Waals surface area contributed by atoms with Crippen LogP contribution in [0.3, 0.4) is 0 Å². The molecule has 0 bridgehead atoms. The molecule has 3 aromatic rings.